The number of hydrogen-bond donors (Lipinski definition) is 2. The number of carboxylic acid groups (broad SMARTS) is 1. The fourth-order valence-electron chi connectivity index (χ4n) is 2.84. The van der Waals surface area contributed by atoms with Crippen molar-refractivity contribution in [2.75, 3.05) is 13.2 Å². The first-order chi connectivity index (χ1) is 10.1. The van der Waals surface area contributed by atoms with Gasteiger partial charge in [0.15, 0.2) is 0 Å². The Balaban J connectivity index is 2.10. The van der Waals surface area contributed by atoms with E-state index in [1.54, 1.807) is 0 Å². The highest BCUT2D eigenvalue weighted by Crippen LogP contribution is 2.18. The molecule has 1 heterocycles. The normalized spacial score (nSPS) is 19.4. The van der Waals surface area contributed by atoms with Gasteiger partial charge in [0.2, 0.25) is 5.91 Å². The summed E-state index contributed by atoms with van der Waals surface area (Å²) in [7, 11) is 0. The molecule has 0 aromatic rings. The van der Waals surface area contributed by atoms with Gasteiger partial charge in [-0.15, -0.1) is 0 Å². The molecule has 1 rings (SSSR count). The van der Waals surface area contributed by atoms with Gasteiger partial charge < -0.3 is 15.2 Å². The summed E-state index contributed by atoms with van der Waals surface area (Å²) in [6, 6.07) is 0. The fourth-order valence-corrected chi connectivity index (χ4v) is 2.84. The number of rotatable bonds is 11. The molecule has 1 aliphatic rings. The van der Waals surface area contributed by atoms with Crippen LogP contribution in [-0.4, -0.2) is 36.2 Å². The van der Waals surface area contributed by atoms with Gasteiger partial charge in [-0.05, 0) is 38.0 Å². The molecule has 1 amide bonds. The molecule has 0 aromatic heterocycles. The Morgan fingerprint density at radius 1 is 1.29 bits per heavy atom. The van der Waals surface area contributed by atoms with E-state index in [0.29, 0.717) is 25.3 Å². The molecule has 1 fully saturated rings. The van der Waals surface area contributed by atoms with E-state index in [-0.39, 0.29) is 18.4 Å². The molecule has 0 radical (unpaired) electrons. The highest BCUT2D eigenvalue weighted by atomic mass is 16.5. The summed E-state index contributed by atoms with van der Waals surface area (Å²) < 4.78 is 5.50. The van der Waals surface area contributed by atoms with E-state index in [1.165, 1.54) is 0 Å². The third kappa shape index (κ3) is 8.71. The van der Waals surface area contributed by atoms with Crippen molar-refractivity contribution >= 4 is 11.9 Å². The lowest BCUT2D eigenvalue weighted by Gasteiger charge is -2.15. The number of hydrogen-bond acceptors (Lipinski definition) is 3. The highest BCUT2D eigenvalue weighted by molar-refractivity contribution is 5.75. The van der Waals surface area contributed by atoms with Crippen molar-refractivity contribution in [1.29, 1.82) is 0 Å². The van der Waals surface area contributed by atoms with Crippen LogP contribution in [0.5, 0.6) is 0 Å². The molecule has 2 unspecified atom stereocenters. The molecule has 1 saturated heterocycles. The second-order valence-corrected chi connectivity index (χ2v) is 5.90. The first kappa shape index (κ1) is 18.0. The SMILES string of the molecule is CCCC(CCNC(=O)CCC1CCCO1)CCC(=O)O. The predicted molar refractivity (Wildman–Crippen MR) is 81.1 cm³/mol. The molecule has 0 aliphatic carbocycles. The van der Waals surface area contributed by atoms with Crippen LogP contribution in [0.25, 0.3) is 0 Å². The summed E-state index contributed by atoms with van der Waals surface area (Å²) in [5.74, 6) is -0.264. The van der Waals surface area contributed by atoms with Gasteiger partial charge in [-0.1, -0.05) is 19.8 Å². The number of amides is 1. The Kier molecular flexibility index (Phi) is 9.06. The van der Waals surface area contributed by atoms with Crippen LogP contribution in [0.3, 0.4) is 0 Å². The van der Waals surface area contributed by atoms with E-state index in [1.807, 2.05) is 0 Å². The molecule has 1 aliphatic heterocycles. The van der Waals surface area contributed by atoms with E-state index >= 15 is 0 Å². The second kappa shape index (κ2) is 10.6. The maximum atomic E-state index is 11.7. The van der Waals surface area contributed by atoms with Crippen LogP contribution >= 0.6 is 0 Å². The summed E-state index contributed by atoms with van der Waals surface area (Å²) in [5.41, 5.74) is 0. The fraction of sp³-hybridized carbons (Fsp3) is 0.875. The Morgan fingerprint density at radius 3 is 2.71 bits per heavy atom. The number of carbonyl (C=O) groups excluding carboxylic acids is 1. The second-order valence-electron chi connectivity index (χ2n) is 5.90. The molecule has 0 aromatic carbocycles. The van der Waals surface area contributed by atoms with Crippen molar-refractivity contribution in [3.05, 3.63) is 0 Å². The lowest BCUT2D eigenvalue weighted by atomic mass is 9.94. The van der Waals surface area contributed by atoms with E-state index in [2.05, 4.69) is 12.2 Å². The van der Waals surface area contributed by atoms with Gasteiger partial charge in [-0.25, -0.2) is 0 Å². The lowest BCUT2D eigenvalue weighted by Crippen LogP contribution is -2.26. The number of carboxylic acids is 1. The van der Waals surface area contributed by atoms with Crippen molar-refractivity contribution in [1.82, 2.24) is 5.32 Å². The molecule has 0 bridgehead atoms. The zero-order chi connectivity index (χ0) is 15.5. The largest absolute Gasteiger partial charge is 0.481 e. The third-order valence-electron chi connectivity index (χ3n) is 4.06. The lowest BCUT2D eigenvalue weighted by molar-refractivity contribution is -0.137. The van der Waals surface area contributed by atoms with E-state index in [0.717, 1.165) is 45.1 Å². The molecule has 0 spiro atoms. The van der Waals surface area contributed by atoms with Gasteiger partial charge in [-0.2, -0.15) is 0 Å². The Morgan fingerprint density at radius 2 is 2.10 bits per heavy atom. The van der Waals surface area contributed by atoms with Crippen molar-refractivity contribution in [3.8, 4) is 0 Å². The molecular weight excluding hydrogens is 270 g/mol. The quantitative estimate of drug-likeness (QED) is 0.615. The van der Waals surface area contributed by atoms with Crippen LogP contribution in [0, 0.1) is 5.92 Å². The zero-order valence-electron chi connectivity index (χ0n) is 13.1. The molecule has 2 N–H and O–H groups in total. The summed E-state index contributed by atoms with van der Waals surface area (Å²) in [6.45, 7) is 3.58. The molecule has 2 atom stereocenters. The first-order valence-corrected chi connectivity index (χ1v) is 8.22. The minimum Gasteiger partial charge on any atom is -0.481 e. The van der Waals surface area contributed by atoms with Gasteiger partial charge in [0.05, 0.1) is 6.10 Å². The van der Waals surface area contributed by atoms with Crippen molar-refractivity contribution < 1.29 is 19.4 Å². The topological polar surface area (TPSA) is 75.6 Å². The van der Waals surface area contributed by atoms with Crippen LogP contribution in [-0.2, 0) is 14.3 Å². The minimum atomic E-state index is -0.739. The Labute approximate surface area is 127 Å². The molecule has 21 heavy (non-hydrogen) atoms. The molecule has 5 heteroatoms. The number of nitrogens with one attached hydrogen (secondary N) is 1. The average molecular weight is 299 g/mol. The van der Waals surface area contributed by atoms with E-state index < -0.39 is 5.97 Å². The van der Waals surface area contributed by atoms with Crippen molar-refractivity contribution in [3.63, 3.8) is 0 Å². The summed E-state index contributed by atoms with van der Waals surface area (Å²) in [6.07, 6.45) is 7.64. The maximum absolute atomic E-state index is 11.7. The monoisotopic (exact) mass is 299 g/mol. The molecular formula is C16H29NO4. The van der Waals surface area contributed by atoms with Gasteiger partial charge in [0, 0.05) is 26.0 Å². The minimum absolute atomic E-state index is 0.0824. The Bertz CT molecular complexity index is 313. The summed E-state index contributed by atoms with van der Waals surface area (Å²) in [4.78, 5) is 22.4. The van der Waals surface area contributed by atoms with Gasteiger partial charge in [0.1, 0.15) is 0 Å². The number of ether oxygens (including phenoxy) is 1. The highest BCUT2D eigenvalue weighted by Gasteiger charge is 2.16. The molecule has 5 nitrogen and oxygen atoms in total. The average Bonchev–Trinajstić information content (AvgIpc) is 2.95. The smallest absolute Gasteiger partial charge is 0.303 e. The standard InChI is InChI=1S/C16H29NO4/c1-2-4-13(6-9-16(19)20)10-11-17-15(18)8-7-14-5-3-12-21-14/h13-14H,2-12H2,1H3,(H,17,18)(H,19,20). The van der Waals surface area contributed by atoms with Crippen molar-refractivity contribution in [2.45, 2.75) is 70.8 Å². The maximum Gasteiger partial charge on any atom is 0.303 e. The predicted octanol–water partition coefficient (Wildman–Crippen LogP) is 2.73. The summed E-state index contributed by atoms with van der Waals surface area (Å²) >= 11 is 0. The van der Waals surface area contributed by atoms with Crippen LogP contribution in [0.15, 0.2) is 0 Å². The number of carbonyl (C=O) groups is 2. The number of aliphatic carboxylic acids is 1. The van der Waals surface area contributed by atoms with Gasteiger partial charge >= 0.3 is 5.97 Å². The first-order valence-electron chi connectivity index (χ1n) is 8.22. The van der Waals surface area contributed by atoms with Crippen molar-refractivity contribution in [2.24, 2.45) is 5.92 Å². The van der Waals surface area contributed by atoms with Crippen LogP contribution in [0.4, 0.5) is 0 Å². The third-order valence-corrected chi connectivity index (χ3v) is 4.06. The Hall–Kier alpha value is -1.10. The van der Waals surface area contributed by atoms with Crippen LogP contribution in [0.2, 0.25) is 0 Å². The zero-order valence-corrected chi connectivity index (χ0v) is 13.1. The van der Waals surface area contributed by atoms with Crippen LogP contribution < -0.4 is 5.32 Å². The molecule has 122 valence electrons. The summed E-state index contributed by atoms with van der Waals surface area (Å²) in [5, 5.41) is 11.7. The van der Waals surface area contributed by atoms with Gasteiger partial charge in [0.25, 0.3) is 0 Å². The van der Waals surface area contributed by atoms with E-state index in [4.69, 9.17) is 9.84 Å². The molecule has 0 saturated carbocycles. The van der Waals surface area contributed by atoms with E-state index in [9.17, 15) is 9.59 Å². The van der Waals surface area contributed by atoms with Crippen LogP contribution in [0.1, 0.15) is 64.7 Å². The van der Waals surface area contributed by atoms with Gasteiger partial charge in [-0.3, -0.25) is 9.59 Å².